The summed E-state index contributed by atoms with van der Waals surface area (Å²) in [5, 5.41) is 2.72. The Bertz CT molecular complexity index is 1130. The number of rotatable bonds is 7. The lowest BCUT2D eigenvalue weighted by molar-refractivity contribution is -0.137. The lowest BCUT2D eigenvalue weighted by atomic mass is 9.85. The lowest BCUT2D eigenvalue weighted by Gasteiger charge is -2.43. The number of benzene rings is 2. The van der Waals surface area contributed by atoms with Gasteiger partial charge in [-0.1, -0.05) is 24.3 Å². The zero-order valence-corrected chi connectivity index (χ0v) is 20.5. The average Bonchev–Trinajstić information content (AvgIpc) is 3.15. The number of methoxy groups -OCH3 is 1. The SMILES string of the molecule is COCCNC(=O)CN1CN(c2ccccc2)C2(CCN(C(=O)c3cccc(C(F)(F)F)c3)CC2)C1=O. The van der Waals surface area contributed by atoms with Crippen LogP contribution in [-0.2, 0) is 20.5 Å². The summed E-state index contributed by atoms with van der Waals surface area (Å²) >= 11 is 0. The number of piperidine rings is 1. The largest absolute Gasteiger partial charge is 0.416 e. The number of hydrogen-bond donors (Lipinski definition) is 1. The highest BCUT2D eigenvalue weighted by atomic mass is 19.4. The van der Waals surface area contributed by atoms with Crippen molar-refractivity contribution < 1.29 is 32.3 Å². The zero-order chi connectivity index (χ0) is 26.6. The Morgan fingerprint density at radius 1 is 1.05 bits per heavy atom. The van der Waals surface area contributed by atoms with Crippen molar-refractivity contribution in [1.82, 2.24) is 15.1 Å². The molecule has 1 spiro atoms. The molecule has 0 aromatic heterocycles. The molecule has 2 fully saturated rings. The van der Waals surface area contributed by atoms with Gasteiger partial charge >= 0.3 is 6.18 Å². The fourth-order valence-electron chi connectivity index (χ4n) is 4.93. The molecule has 4 rings (SSSR count). The van der Waals surface area contributed by atoms with E-state index in [2.05, 4.69) is 5.32 Å². The Labute approximate surface area is 213 Å². The second-order valence-corrected chi connectivity index (χ2v) is 9.15. The molecule has 37 heavy (non-hydrogen) atoms. The normalized spacial score (nSPS) is 17.4. The Morgan fingerprint density at radius 2 is 1.76 bits per heavy atom. The molecule has 2 saturated heterocycles. The molecule has 0 bridgehead atoms. The van der Waals surface area contributed by atoms with Crippen LogP contribution in [0.3, 0.4) is 0 Å². The highest BCUT2D eigenvalue weighted by Gasteiger charge is 2.54. The molecule has 198 valence electrons. The molecular formula is C26H29F3N4O4. The maximum absolute atomic E-state index is 13.7. The van der Waals surface area contributed by atoms with Crippen LogP contribution in [0.5, 0.6) is 0 Å². The number of amides is 3. The summed E-state index contributed by atoms with van der Waals surface area (Å²) in [6, 6.07) is 13.7. The molecule has 1 N–H and O–H groups in total. The van der Waals surface area contributed by atoms with Crippen LogP contribution in [-0.4, -0.2) is 79.6 Å². The van der Waals surface area contributed by atoms with Crippen LogP contribution in [0, 0.1) is 0 Å². The molecule has 2 heterocycles. The Balaban J connectivity index is 1.51. The number of alkyl halides is 3. The van der Waals surface area contributed by atoms with E-state index in [1.54, 1.807) is 0 Å². The molecule has 2 aliphatic heterocycles. The van der Waals surface area contributed by atoms with Gasteiger partial charge < -0.3 is 24.8 Å². The van der Waals surface area contributed by atoms with E-state index in [1.807, 2.05) is 35.2 Å². The van der Waals surface area contributed by atoms with Crippen LogP contribution in [0.1, 0.15) is 28.8 Å². The number of halogens is 3. The third-order valence-electron chi connectivity index (χ3n) is 6.86. The van der Waals surface area contributed by atoms with Gasteiger partial charge in [-0.3, -0.25) is 14.4 Å². The van der Waals surface area contributed by atoms with Gasteiger partial charge in [-0.25, -0.2) is 0 Å². The first kappa shape index (κ1) is 26.5. The highest BCUT2D eigenvalue weighted by molar-refractivity contribution is 5.97. The molecule has 3 amide bonds. The van der Waals surface area contributed by atoms with E-state index in [1.165, 1.54) is 29.0 Å². The molecule has 2 aromatic carbocycles. The first-order chi connectivity index (χ1) is 17.7. The number of carbonyl (C=O) groups is 3. The Morgan fingerprint density at radius 3 is 2.41 bits per heavy atom. The van der Waals surface area contributed by atoms with Gasteiger partial charge in [0.2, 0.25) is 5.91 Å². The molecule has 11 heteroatoms. The molecule has 0 aliphatic carbocycles. The van der Waals surface area contributed by atoms with Crippen molar-refractivity contribution in [3.63, 3.8) is 0 Å². The van der Waals surface area contributed by atoms with Gasteiger partial charge in [0, 0.05) is 38.0 Å². The molecule has 2 aromatic rings. The standard InChI is InChI=1S/C26H29F3N4O4/c1-37-15-12-30-22(34)17-32-18-33(21-8-3-2-4-9-21)25(24(32)36)10-13-31(14-11-25)23(35)19-6-5-7-20(16-19)26(27,28)29/h2-9,16H,10-15,17-18H2,1H3,(H,30,34). The molecule has 0 atom stereocenters. The van der Waals surface area contributed by atoms with E-state index in [4.69, 9.17) is 4.74 Å². The molecule has 0 saturated carbocycles. The van der Waals surface area contributed by atoms with Crippen molar-refractivity contribution in [2.24, 2.45) is 0 Å². The minimum absolute atomic E-state index is 0.0437. The van der Waals surface area contributed by atoms with E-state index < -0.39 is 23.2 Å². The molecule has 8 nitrogen and oxygen atoms in total. The first-order valence-corrected chi connectivity index (χ1v) is 12.0. The van der Waals surface area contributed by atoms with Gasteiger partial charge in [-0.2, -0.15) is 13.2 Å². The third kappa shape index (κ3) is 5.56. The fourth-order valence-corrected chi connectivity index (χ4v) is 4.93. The van der Waals surface area contributed by atoms with Gasteiger partial charge in [-0.15, -0.1) is 0 Å². The van der Waals surface area contributed by atoms with Crippen LogP contribution >= 0.6 is 0 Å². The number of carbonyl (C=O) groups excluding carboxylic acids is 3. The topological polar surface area (TPSA) is 82.2 Å². The van der Waals surface area contributed by atoms with Gasteiger partial charge in [0.25, 0.3) is 11.8 Å². The monoisotopic (exact) mass is 518 g/mol. The highest BCUT2D eigenvalue weighted by Crippen LogP contribution is 2.40. The maximum Gasteiger partial charge on any atom is 0.416 e. The van der Waals surface area contributed by atoms with Gasteiger partial charge in [0.1, 0.15) is 12.1 Å². The smallest absolute Gasteiger partial charge is 0.383 e. The number of para-hydroxylation sites is 1. The second-order valence-electron chi connectivity index (χ2n) is 9.15. The summed E-state index contributed by atoms with van der Waals surface area (Å²) in [5.41, 5.74) is -1.07. The number of ether oxygens (including phenoxy) is 1. The number of hydrogen-bond acceptors (Lipinski definition) is 5. The predicted octanol–water partition coefficient (Wildman–Crippen LogP) is 2.75. The number of anilines is 1. The number of nitrogens with one attached hydrogen (secondary N) is 1. The summed E-state index contributed by atoms with van der Waals surface area (Å²) in [6.45, 7) is 1.17. The van der Waals surface area contributed by atoms with Crippen LogP contribution < -0.4 is 10.2 Å². The van der Waals surface area contributed by atoms with Crippen molar-refractivity contribution in [3.8, 4) is 0 Å². The van der Waals surface area contributed by atoms with Gasteiger partial charge in [0.15, 0.2) is 0 Å². The summed E-state index contributed by atoms with van der Waals surface area (Å²) < 4.78 is 44.3. The van der Waals surface area contributed by atoms with Gasteiger partial charge in [-0.05, 0) is 43.2 Å². The summed E-state index contributed by atoms with van der Waals surface area (Å²) in [7, 11) is 1.53. The maximum atomic E-state index is 13.7. The summed E-state index contributed by atoms with van der Waals surface area (Å²) in [4.78, 5) is 44.1. The minimum Gasteiger partial charge on any atom is -0.383 e. The summed E-state index contributed by atoms with van der Waals surface area (Å²) in [6.07, 6.45) is -3.98. The predicted molar refractivity (Wildman–Crippen MR) is 130 cm³/mol. The molecule has 2 aliphatic rings. The van der Waals surface area contributed by atoms with Crippen molar-refractivity contribution in [1.29, 1.82) is 0 Å². The molecule has 0 unspecified atom stereocenters. The lowest BCUT2D eigenvalue weighted by Crippen LogP contribution is -2.57. The summed E-state index contributed by atoms with van der Waals surface area (Å²) in [5.74, 6) is -1.01. The Kier molecular flexibility index (Phi) is 7.72. The second kappa shape index (κ2) is 10.8. The quantitative estimate of drug-likeness (QED) is 0.571. The van der Waals surface area contributed by atoms with Crippen LogP contribution in [0.25, 0.3) is 0 Å². The Hall–Kier alpha value is -3.60. The van der Waals surface area contributed by atoms with E-state index in [-0.39, 0.29) is 56.5 Å². The van der Waals surface area contributed by atoms with Gasteiger partial charge in [0.05, 0.1) is 18.8 Å². The number of likely N-dealkylation sites (tertiary alicyclic amines) is 1. The fraction of sp³-hybridized carbons (Fsp3) is 0.423. The first-order valence-electron chi connectivity index (χ1n) is 12.0. The number of nitrogens with zero attached hydrogens (tertiary/aromatic N) is 3. The minimum atomic E-state index is -4.55. The van der Waals surface area contributed by atoms with Crippen LogP contribution in [0.4, 0.5) is 18.9 Å². The van der Waals surface area contributed by atoms with Crippen molar-refractivity contribution in [3.05, 3.63) is 65.7 Å². The van der Waals surface area contributed by atoms with Crippen LogP contribution in [0.15, 0.2) is 54.6 Å². The van der Waals surface area contributed by atoms with Crippen molar-refractivity contribution in [2.75, 3.05) is 51.5 Å². The van der Waals surface area contributed by atoms with E-state index in [9.17, 15) is 27.6 Å². The average molecular weight is 519 g/mol. The van der Waals surface area contributed by atoms with E-state index in [0.29, 0.717) is 13.2 Å². The van der Waals surface area contributed by atoms with E-state index in [0.717, 1.165) is 17.8 Å². The molecule has 0 radical (unpaired) electrons. The van der Waals surface area contributed by atoms with Crippen molar-refractivity contribution >= 4 is 23.4 Å². The molecular weight excluding hydrogens is 489 g/mol. The van der Waals surface area contributed by atoms with Crippen LogP contribution in [0.2, 0.25) is 0 Å². The third-order valence-corrected chi connectivity index (χ3v) is 6.86. The zero-order valence-electron chi connectivity index (χ0n) is 20.5. The van der Waals surface area contributed by atoms with E-state index >= 15 is 0 Å². The van der Waals surface area contributed by atoms with Crippen molar-refractivity contribution in [2.45, 2.75) is 24.6 Å².